The third-order valence-corrected chi connectivity index (χ3v) is 88.3. The summed E-state index contributed by atoms with van der Waals surface area (Å²) >= 11 is 4.81. The van der Waals surface area contributed by atoms with Crippen LogP contribution in [0.2, 0.25) is 0 Å². The zero-order valence-corrected chi connectivity index (χ0v) is 53.6. The summed E-state index contributed by atoms with van der Waals surface area (Å²) in [7, 11) is 75.0. The van der Waals surface area contributed by atoms with Crippen molar-refractivity contribution in [1.29, 1.82) is 0 Å². The van der Waals surface area contributed by atoms with Crippen LogP contribution in [0.25, 0.3) is 0 Å². The largest absolute Gasteiger partial charge is 0.0540 e. The fraction of sp³-hybridized carbons (Fsp3) is 0. The first-order valence-electron chi connectivity index (χ1n) is 6.87. The Morgan fingerprint density at radius 3 is 0.442 bits per heavy atom. The van der Waals surface area contributed by atoms with Crippen LogP contribution < -0.4 is 0 Å². The summed E-state index contributed by atoms with van der Waals surface area (Å²) in [5.74, 6) is 0. The smallest absolute Gasteiger partial charge is 0 e. The zero-order valence-electron chi connectivity index (χ0n) is 17.7. The third-order valence-electron chi connectivity index (χ3n) is 1.09. The van der Waals surface area contributed by atoms with Crippen LogP contribution >= 0.6 is 8.02 Å². The van der Waals surface area contributed by atoms with Crippen molar-refractivity contribution in [3.05, 3.63) is 0 Å². The fourth-order valence-electron chi connectivity index (χ4n) is 0.433. The SMILES string of the molecule is P=S=S=S=S=S=S=S=S=S=S=S=S=S=S=S=S=S=S=S=S=S=S=S=S=S=S=S=S=S=S=S=S=S=S=S=S=S=S=S=S=S.[V]. The molecule has 0 aliphatic rings. The molecular weight excluding hydrogens is 1400 g/mol. The van der Waals surface area contributed by atoms with Gasteiger partial charge in [-0.05, 0) is 79.1 Å². The van der Waals surface area contributed by atoms with Gasteiger partial charge in [0.15, 0.2) is 0 Å². The van der Waals surface area contributed by atoms with Crippen LogP contribution in [-0.2, 0) is 386 Å². The standard InChI is InChI=1S/HPS41.V/c1-3-5-7-9-11-13-15-17-19-21-23-25-27-29-31-33-35-37-39-41-42-40-38-36-34-32-30-28-26-24-22-20-18-16-14-12-10-8-6-4-2;/h1H;. The van der Waals surface area contributed by atoms with Gasteiger partial charge in [-0.2, -0.15) is 0 Å². The second kappa shape index (κ2) is 54.0. The van der Waals surface area contributed by atoms with Crippen LogP contribution in [0.1, 0.15) is 0 Å². The van der Waals surface area contributed by atoms with Crippen LogP contribution in [0.5, 0.6) is 0 Å². The summed E-state index contributed by atoms with van der Waals surface area (Å²) in [5, 5.41) is 0. The molecule has 0 N–H and O–H groups in total. The third kappa shape index (κ3) is 54.0. The van der Waals surface area contributed by atoms with Gasteiger partial charge >= 0.3 is 0 Å². The minimum Gasteiger partial charge on any atom is -0.0540 e. The second-order valence-corrected chi connectivity index (χ2v) is 73.9. The van der Waals surface area contributed by atoms with Gasteiger partial charge in [0.2, 0.25) is 0 Å². The van der Waals surface area contributed by atoms with E-state index in [1.807, 2.05) is 249 Å². The van der Waals surface area contributed by atoms with E-state index < -0.39 is 0 Å². The summed E-state index contributed by atoms with van der Waals surface area (Å²) in [6.45, 7) is 0. The summed E-state index contributed by atoms with van der Waals surface area (Å²) in [6.07, 6.45) is 0. The molecule has 0 saturated heterocycles. The van der Waals surface area contributed by atoms with Gasteiger partial charge in [0.05, 0.1) is 0 Å². The van der Waals surface area contributed by atoms with Crippen molar-refractivity contribution >= 4 is 375 Å². The maximum Gasteiger partial charge on any atom is 0 e. The Kier molecular flexibility index (Phi) is 69.1. The normalized spacial score (nSPS) is 7.53. The van der Waals surface area contributed by atoms with Crippen LogP contribution in [0.3, 0.4) is 0 Å². The molecule has 0 bridgehead atoms. The molecule has 0 rings (SSSR count). The minimum atomic E-state index is 0. The molecule has 43 heteroatoms. The summed E-state index contributed by atoms with van der Waals surface area (Å²) < 4.78 is 0. The van der Waals surface area contributed by atoms with E-state index in [4.69, 9.17) is 11.2 Å². The molecule has 0 atom stereocenters. The van der Waals surface area contributed by atoms with Gasteiger partial charge in [-0.1, -0.05) is 9.50 Å². The summed E-state index contributed by atoms with van der Waals surface area (Å²) in [5.41, 5.74) is 0. The number of hydrogen-bond donors (Lipinski definition) is 0. The van der Waals surface area contributed by atoms with E-state index in [-0.39, 0.29) is 18.6 Å². The monoisotopic (exact) mass is 1390 g/mol. The fourth-order valence-corrected chi connectivity index (χ4v) is 105. The molecule has 0 aromatic heterocycles. The number of rotatable bonds is 0. The predicted molar refractivity (Wildman–Crippen MR) is 310 cm³/mol. The van der Waals surface area contributed by atoms with E-state index in [0.717, 1.165) is 0 Å². The quantitative estimate of drug-likeness (QED) is 0.319. The van der Waals surface area contributed by atoms with Crippen molar-refractivity contribution in [2.24, 2.45) is 0 Å². The van der Waals surface area contributed by atoms with Gasteiger partial charge < -0.3 is 0 Å². The van der Waals surface area contributed by atoms with Gasteiger partial charge in [-0.15, -0.1) is 0 Å². The van der Waals surface area contributed by atoms with E-state index in [0.29, 0.717) is 0 Å². The van der Waals surface area contributed by atoms with Crippen LogP contribution in [-0.4, -0.2) is 0 Å². The molecule has 0 amide bonds. The molecule has 257 valence electrons. The molecule has 0 nitrogen and oxygen atoms in total. The van der Waals surface area contributed by atoms with Crippen molar-refractivity contribution < 1.29 is 18.6 Å². The maximum atomic E-state index is 4.81. The van der Waals surface area contributed by atoms with Crippen molar-refractivity contribution in [3.63, 3.8) is 0 Å². The van der Waals surface area contributed by atoms with Crippen molar-refractivity contribution in [3.8, 4) is 0 Å². The Labute approximate surface area is 382 Å². The molecule has 0 heterocycles. The van der Waals surface area contributed by atoms with E-state index in [1.165, 1.54) is 8.88 Å². The summed E-state index contributed by atoms with van der Waals surface area (Å²) in [6, 6.07) is 0. The molecule has 0 aromatic rings. The molecule has 0 saturated carbocycles. The van der Waals surface area contributed by atoms with Crippen molar-refractivity contribution in [2.75, 3.05) is 0 Å². The Morgan fingerprint density at radius 1 is 0.209 bits per heavy atom. The van der Waals surface area contributed by atoms with Crippen LogP contribution in [0, 0.1) is 0 Å². The van der Waals surface area contributed by atoms with Crippen LogP contribution in [0.15, 0.2) is 0 Å². The molecule has 0 aromatic carbocycles. The molecule has 43 heavy (non-hydrogen) atoms. The van der Waals surface area contributed by atoms with E-state index in [2.05, 4.69) is 8.02 Å². The van der Waals surface area contributed by atoms with Gasteiger partial charge in [-0.25, -0.2) is 0 Å². The average Bonchev–Trinajstić information content (AvgIpc) is 3.00. The zero-order chi connectivity index (χ0) is 30.3. The first kappa shape index (κ1) is 55.0. The first-order chi connectivity index (χ1) is 20.9. The number of hydrogen-bond acceptors (Lipinski definition) is 1. The molecular formula is HPS41V. The van der Waals surface area contributed by atoms with Gasteiger partial charge in [-0.3, -0.25) is 0 Å². The molecule has 0 spiro atoms. The Hall–Kier alpha value is 9.90. The van der Waals surface area contributed by atoms with E-state index in [9.17, 15) is 0 Å². The summed E-state index contributed by atoms with van der Waals surface area (Å²) in [4.78, 5) is 0. The molecule has 0 unspecified atom stereocenters. The van der Waals surface area contributed by atoms with E-state index >= 15 is 0 Å². The van der Waals surface area contributed by atoms with E-state index in [1.54, 1.807) is 98.3 Å². The van der Waals surface area contributed by atoms with Crippen molar-refractivity contribution in [2.45, 2.75) is 0 Å². The van der Waals surface area contributed by atoms with Crippen LogP contribution in [0.4, 0.5) is 0 Å². The molecule has 0 aliphatic carbocycles. The maximum absolute atomic E-state index is 4.81. The Bertz CT molecular complexity index is 2570. The molecule has 1 radical (unpaired) electrons. The molecule has 0 fully saturated rings. The predicted octanol–water partition coefficient (Wildman–Crippen LogP) is 0.493. The first-order valence-corrected chi connectivity index (χ1v) is 61.8. The molecule has 0 aliphatic heterocycles. The Morgan fingerprint density at radius 2 is 0.326 bits per heavy atom. The van der Waals surface area contributed by atoms with Gasteiger partial charge in [0, 0.05) is 305 Å². The topological polar surface area (TPSA) is 0 Å². The Balaban J connectivity index is 0. The minimum absolute atomic E-state index is 0. The van der Waals surface area contributed by atoms with Crippen molar-refractivity contribution in [1.82, 2.24) is 0 Å². The average molecular weight is 1400 g/mol. The second-order valence-electron chi connectivity index (χ2n) is 2.74. The van der Waals surface area contributed by atoms with Gasteiger partial charge in [0.1, 0.15) is 0 Å². The van der Waals surface area contributed by atoms with Gasteiger partial charge in [0.25, 0.3) is 0 Å².